The molecule has 0 aliphatic rings. The zero-order valence-corrected chi connectivity index (χ0v) is 40.1. The van der Waals surface area contributed by atoms with E-state index in [-0.39, 0.29) is 21.7 Å². The van der Waals surface area contributed by atoms with Crippen molar-refractivity contribution >= 4 is 76.2 Å². The van der Waals surface area contributed by atoms with E-state index in [0.29, 0.717) is 0 Å². The van der Waals surface area contributed by atoms with Crippen molar-refractivity contribution in [2.75, 3.05) is 14.2 Å². The quantitative estimate of drug-likeness (QED) is 0.177. The van der Waals surface area contributed by atoms with Gasteiger partial charge in [-0.15, -0.1) is 0 Å². The van der Waals surface area contributed by atoms with Crippen molar-refractivity contribution in [3.8, 4) is 33.8 Å². The van der Waals surface area contributed by atoms with Gasteiger partial charge in [0.15, 0.2) is 0 Å². The lowest BCUT2D eigenvalue weighted by atomic mass is 9.78. The minimum atomic E-state index is -0.0250. The highest BCUT2D eigenvalue weighted by atomic mass is 16.5. The number of aromatic nitrogens is 2. The van der Waals surface area contributed by atoms with E-state index in [4.69, 9.17) is 9.47 Å². The Bertz CT molecular complexity index is 3400. The molecule has 4 aromatic heterocycles. The molecule has 0 unspecified atom stereocenters. The van der Waals surface area contributed by atoms with E-state index >= 15 is 0 Å². The van der Waals surface area contributed by atoms with E-state index in [0.717, 1.165) is 33.3 Å². The lowest BCUT2D eigenvalue weighted by Crippen LogP contribution is -2.16. The maximum absolute atomic E-state index is 6.38. The SMILES string of the molecule is COc1cccc2c1c1c3c4cccc(-c5cc(C(C)(C)C)cc(C(C)(C)C)c5)c4n4c5cccc(OC)c5c(c5c6cccc(-c7cc(C(C)(C)C)cc(C(C)(C)C)c7)c6n2c51)c34. The second-order valence-electron chi connectivity index (χ2n) is 22.6. The molecule has 11 aromatic rings. The van der Waals surface area contributed by atoms with Crippen LogP contribution in [0.4, 0.5) is 0 Å². The minimum Gasteiger partial charge on any atom is -0.496 e. The first kappa shape index (κ1) is 40.5. The molecule has 0 atom stereocenters. The smallest absolute Gasteiger partial charge is 0.128 e. The lowest BCUT2D eigenvalue weighted by molar-refractivity contribution is 0.420. The Kier molecular flexibility index (Phi) is 8.33. The van der Waals surface area contributed by atoms with Gasteiger partial charge in [0, 0.05) is 43.4 Å². The topological polar surface area (TPSA) is 27.3 Å². The number of fused-ring (bicyclic) bond motifs is 14. The van der Waals surface area contributed by atoms with Gasteiger partial charge in [-0.3, -0.25) is 0 Å². The highest BCUT2D eigenvalue weighted by Crippen LogP contribution is 2.56. The molecule has 0 fully saturated rings. The van der Waals surface area contributed by atoms with Crippen LogP contribution in [0.3, 0.4) is 0 Å². The Hall–Kier alpha value is -6.26. The lowest BCUT2D eigenvalue weighted by Gasteiger charge is -2.26. The molecule has 0 aliphatic heterocycles. The molecular formula is C60H60N2O2. The van der Waals surface area contributed by atoms with Gasteiger partial charge < -0.3 is 18.3 Å². The van der Waals surface area contributed by atoms with Crippen molar-refractivity contribution in [1.29, 1.82) is 0 Å². The van der Waals surface area contributed by atoms with E-state index in [1.165, 1.54) is 98.9 Å². The number of ether oxygens (including phenoxy) is 2. The number of hydrogen-bond acceptors (Lipinski definition) is 2. The summed E-state index contributed by atoms with van der Waals surface area (Å²) < 4.78 is 17.9. The van der Waals surface area contributed by atoms with Gasteiger partial charge in [0.25, 0.3) is 0 Å². The molecule has 11 rings (SSSR count). The van der Waals surface area contributed by atoms with E-state index in [9.17, 15) is 0 Å². The Balaban J connectivity index is 1.41. The van der Waals surface area contributed by atoms with Crippen molar-refractivity contribution in [2.45, 2.75) is 105 Å². The Morgan fingerprint density at radius 3 is 0.984 bits per heavy atom. The van der Waals surface area contributed by atoms with Crippen LogP contribution in [-0.2, 0) is 21.7 Å². The summed E-state index contributed by atoms with van der Waals surface area (Å²) in [7, 11) is 3.63. The van der Waals surface area contributed by atoms with Gasteiger partial charge in [0.2, 0.25) is 0 Å². The Morgan fingerprint density at radius 1 is 0.344 bits per heavy atom. The number of para-hydroxylation sites is 2. The maximum atomic E-state index is 6.38. The summed E-state index contributed by atoms with van der Waals surface area (Å²) in [5, 5.41) is 9.72. The molecule has 0 amide bonds. The average Bonchev–Trinajstić information content (AvgIpc) is 3.98. The van der Waals surface area contributed by atoms with Gasteiger partial charge >= 0.3 is 0 Å². The van der Waals surface area contributed by atoms with Gasteiger partial charge in [-0.2, -0.15) is 0 Å². The van der Waals surface area contributed by atoms with Crippen LogP contribution < -0.4 is 9.47 Å². The van der Waals surface area contributed by atoms with E-state index < -0.39 is 0 Å². The molecule has 0 radical (unpaired) electrons. The molecule has 0 aliphatic carbocycles. The first-order chi connectivity index (χ1) is 30.2. The Labute approximate surface area is 377 Å². The van der Waals surface area contributed by atoms with Crippen LogP contribution in [-0.4, -0.2) is 23.0 Å². The summed E-state index contributed by atoms with van der Waals surface area (Å²) in [6.07, 6.45) is 0. The summed E-state index contributed by atoms with van der Waals surface area (Å²) in [6.45, 7) is 27.9. The zero-order valence-electron chi connectivity index (χ0n) is 40.1. The number of methoxy groups -OCH3 is 2. The molecule has 0 N–H and O–H groups in total. The normalized spacial score (nSPS) is 13.5. The van der Waals surface area contributed by atoms with Crippen molar-refractivity contribution in [3.63, 3.8) is 0 Å². The standard InChI is InChI=1S/C60H60N2O2/c1-57(2,3)35-27-33(28-36(31-35)58(4,5)6)39-19-15-21-41-47-51-50-44(24-18-26-46(50)64-14)62-54-40(34-29-37(59(7,8)9)32-38(30-34)60(10,11)12)20-16-22-42(54)48(56(51)62)52-49-43(23-17-25-45(49)63-13)61(53(39)41)55(47)52/h15-32H,1-14H3. The second-order valence-corrected chi connectivity index (χ2v) is 22.6. The fourth-order valence-corrected chi connectivity index (χ4v) is 10.9. The van der Waals surface area contributed by atoms with Gasteiger partial charge in [0.1, 0.15) is 11.5 Å². The highest BCUT2D eigenvalue weighted by molar-refractivity contribution is 6.46. The summed E-state index contributed by atoms with van der Waals surface area (Å²) >= 11 is 0. The molecule has 4 heteroatoms. The second kappa shape index (κ2) is 13.2. The Morgan fingerprint density at radius 2 is 0.672 bits per heavy atom. The fraction of sp³-hybridized carbons (Fsp3) is 0.300. The average molecular weight is 841 g/mol. The first-order valence-corrected chi connectivity index (χ1v) is 23.0. The van der Waals surface area contributed by atoms with Gasteiger partial charge in [-0.25, -0.2) is 0 Å². The van der Waals surface area contributed by atoms with Crippen LogP contribution in [0.15, 0.2) is 109 Å². The highest BCUT2D eigenvalue weighted by Gasteiger charge is 2.33. The maximum Gasteiger partial charge on any atom is 0.128 e. The third kappa shape index (κ3) is 5.53. The summed E-state index contributed by atoms with van der Waals surface area (Å²) in [4.78, 5) is 0. The number of hydrogen-bond donors (Lipinski definition) is 0. The predicted octanol–water partition coefficient (Wildman–Crippen LogP) is 16.5. The fourth-order valence-electron chi connectivity index (χ4n) is 10.9. The van der Waals surface area contributed by atoms with Crippen LogP contribution in [0.25, 0.3) is 98.4 Å². The van der Waals surface area contributed by atoms with Gasteiger partial charge in [-0.05, 0) is 79.3 Å². The molecule has 0 saturated heterocycles. The molecule has 4 heterocycles. The van der Waals surface area contributed by atoms with Crippen molar-refractivity contribution in [2.24, 2.45) is 0 Å². The summed E-state index contributed by atoms with van der Waals surface area (Å²) in [6, 6.07) is 41.7. The van der Waals surface area contributed by atoms with Crippen LogP contribution in [0.1, 0.15) is 105 Å². The molecule has 7 aromatic carbocycles. The molecule has 0 spiro atoms. The zero-order chi connectivity index (χ0) is 45.2. The van der Waals surface area contributed by atoms with E-state index in [1.54, 1.807) is 0 Å². The van der Waals surface area contributed by atoms with Crippen LogP contribution in [0, 0.1) is 0 Å². The summed E-state index contributed by atoms with van der Waals surface area (Å²) in [5.74, 6) is 1.76. The first-order valence-electron chi connectivity index (χ1n) is 23.0. The van der Waals surface area contributed by atoms with Gasteiger partial charge in [-0.1, -0.05) is 168 Å². The van der Waals surface area contributed by atoms with Crippen molar-refractivity contribution in [1.82, 2.24) is 8.80 Å². The number of benzene rings is 7. The molecule has 0 bridgehead atoms. The molecule has 64 heavy (non-hydrogen) atoms. The predicted molar refractivity (Wildman–Crippen MR) is 275 cm³/mol. The van der Waals surface area contributed by atoms with Crippen LogP contribution in [0.5, 0.6) is 11.5 Å². The van der Waals surface area contributed by atoms with Crippen LogP contribution in [0.2, 0.25) is 0 Å². The third-order valence-corrected chi connectivity index (χ3v) is 14.3. The molecule has 322 valence electrons. The van der Waals surface area contributed by atoms with Crippen molar-refractivity contribution < 1.29 is 9.47 Å². The largest absolute Gasteiger partial charge is 0.496 e. The molecular weight excluding hydrogens is 781 g/mol. The number of rotatable bonds is 4. The van der Waals surface area contributed by atoms with E-state index in [2.05, 4.69) is 201 Å². The summed E-state index contributed by atoms with van der Waals surface area (Å²) in [5.41, 5.74) is 17.4. The molecule has 4 nitrogen and oxygen atoms in total. The van der Waals surface area contributed by atoms with E-state index in [1.807, 2.05) is 14.2 Å². The third-order valence-electron chi connectivity index (χ3n) is 14.3. The van der Waals surface area contributed by atoms with Crippen LogP contribution >= 0.6 is 0 Å². The molecule has 0 saturated carbocycles. The van der Waals surface area contributed by atoms with Crippen molar-refractivity contribution in [3.05, 3.63) is 131 Å². The number of nitrogens with zero attached hydrogens (tertiary/aromatic N) is 2. The monoisotopic (exact) mass is 840 g/mol. The van der Waals surface area contributed by atoms with Gasteiger partial charge in [0.05, 0.1) is 58.1 Å². The minimum absolute atomic E-state index is 0.0250.